The Bertz CT molecular complexity index is 470. The summed E-state index contributed by atoms with van der Waals surface area (Å²) in [7, 11) is 0. The molecule has 1 aliphatic carbocycles. The number of aromatic carboxylic acids is 1. The lowest BCUT2D eigenvalue weighted by molar-refractivity contribution is 0.0687. The van der Waals surface area contributed by atoms with Crippen molar-refractivity contribution in [1.29, 1.82) is 0 Å². The zero-order valence-corrected chi connectivity index (χ0v) is 12.4. The molecule has 1 aromatic heterocycles. The van der Waals surface area contributed by atoms with Crippen LogP contribution in [0, 0.1) is 0 Å². The summed E-state index contributed by atoms with van der Waals surface area (Å²) in [5.74, 6) is -1.40. The van der Waals surface area contributed by atoms with Gasteiger partial charge in [-0.2, -0.15) is 11.8 Å². The van der Waals surface area contributed by atoms with Crippen LogP contribution in [-0.2, 0) is 0 Å². The molecule has 0 amide bonds. The molecule has 1 aliphatic rings. The molecule has 5 nitrogen and oxygen atoms in total. The lowest BCUT2D eigenvalue weighted by atomic mass is 10.2. The molecule has 0 spiro atoms. The number of anilines is 1. The zero-order valence-electron chi connectivity index (χ0n) is 10.8. The molecule has 1 heterocycles. The molecule has 0 bridgehead atoms. The van der Waals surface area contributed by atoms with Crippen molar-refractivity contribution in [3.8, 4) is 0 Å². The molecular weight excluding hydrogens is 284 g/mol. The number of hydrogen-bond acceptors (Lipinski definition) is 6. The summed E-state index contributed by atoms with van der Waals surface area (Å²) >= 11 is 2.99. The van der Waals surface area contributed by atoms with Crippen LogP contribution in [0.15, 0.2) is 0 Å². The second kappa shape index (κ2) is 5.92. The van der Waals surface area contributed by atoms with Crippen molar-refractivity contribution in [2.45, 2.75) is 37.5 Å². The zero-order chi connectivity index (χ0) is 14.0. The Kier molecular flexibility index (Phi) is 4.46. The Hall–Kier alpha value is -1.08. The van der Waals surface area contributed by atoms with E-state index in [1.54, 1.807) is 0 Å². The van der Waals surface area contributed by atoms with E-state index in [0.29, 0.717) is 16.4 Å². The Morgan fingerprint density at radius 2 is 2.21 bits per heavy atom. The largest absolute Gasteiger partial charge is 0.476 e. The Morgan fingerprint density at radius 1 is 1.47 bits per heavy atom. The molecule has 1 fully saturated rings. The van der Waals surface area contributed by atoms with Crippen molar-refractivity contribution < 1.29 is 14.7 Å². The van der Waals surface area contributed by atoms with E-state index in [9.17, 15) is 9.59 Å². The fourth-order valence-electron chi connectivity index (χ4n) is 2.23. The van der Waals surface area contributed by atoms with E-state index in [1.807, 2.05) is 11.8 Å². The highest BCUT2D eigenvalue weighted by Crippen LogP contribution is 2.32. The third kappa shape index (κ3) is 3.27. The number of carbonyl (C=O) groups is 2. The van der Waals surface area contributed by atoms with Gasteiger partial charge in [0, 0.05) is 18.2 Å². The van der Waals surface area contributed by atoms with E-state index in [-0.39, 0.29) is 16.4 Å². The number of aromatic nitrogens is 1. The lowest BCUT2D eigenvalue weighted by Gasteiger charge is -2.10. The molecule has 2 atom stereocenters. The van der Waals surface area contributed by atoms with Crippen molar-refractivity contribution in [3.63, 3.8) is 0 Å². The molecule has 2 N–H and O–H groups in total. The Labute approximate surface area is 119 Å². The predicted octanol–water partition coefficient (Wildman–Crippen LogP) is 2.74. The van der Waals surface area contributed by atoms with Crippen molar-refractivity contribution in [3.05, 3.63) is 10.6 Å². The molecule has 1 aromatic rings. The minimum atomic E-state index is -1.15. The molecule has 19 heavy (non-hydrogen) atoms. The summed E-state index contributed by atoms with van der Waals surface area (Å²) in [5, 5.41) is 13.5. The number of carboxylic acid groups (broad SMARTS) is 1. The number of carbonyl (C=O) groups excluding carboxylic acids is 1. The van der Waals surface area contributed by atoms with Gasteiger partial charge in [-0.25, -0.2) is 9.78 Å². The Morgan fingerprint density at radius 3 is 2.68 bits per heavy atom. The van der Waals surface area contributed by atoms with E-state index in [2.05, 4.69) is 16.6 Å². The first kappa shape index (κ1) is 14.3. The summed E-state index contributed by atoms with van der Waals surface area (Å²) < 4.78 is 0. The molecule has 7 heteroatoms. The van der Waals surface area contributed by atoms with Gasteiger partial charge in [0.05, 0.1) is 0 Å². The molecule has 0 saturated heterocycles. The molecule has 0 aliphatic heterocycles. The van der Waals surface area contributed by atoms with Crippen LogP contribution >= 0.6 is 23.1 Å². The number of nitrogens with zero attached hydrogens (tertiary/aromatic N) is 1. The second-order valence-electron chi connectivity index (χ2n) is 4.57. The van der Waals surface area contributed by atoms with E-state index in [4.69, 9.17) is 5.11 Å². The summed E-state index contributed by atoms with van der Waals surface area (Å²) in [6.07, 6.45) is 5.38. The number of ketones is 1. The normalized spacial score (nSPS) is 22.4. The van der Waals surface area contributed by atoms with Gasteiger partial charge in [-0.1, -0.05) is 11.3 Å². The van der Waals surface area contributed by atoms with Gasteiger partial charge in [0.2, 0.25) is 0 Å². The third-order valence-corrected chi connectivity index (χ3v) is 5.38. The van der Waals surface area contributed by atoms with Crippen molar-refractivity contribution in [2.24, 2.45) is 0 Å². The highest BCUT2D eigenvalue weighted by Gasteiger charge is 2.26. The summed E-state index contributed by atoms with van der Waals surface area (Å²) in [6.45, 7) is 1.36. The SMILES string of the molecule is CSC1CCC(Nc2nc(C(=O)O)c(C(C)=O)s2)C1. The minimum absolute atomic E-state index is 0.139. The van der Waals surface area contributed by atoms with Crippen LogP contribution in [0.5, 0.6) is 0 Å². The maximum atomic E-state index is 11.4. The van der Waals surface area contributed by atoms with E-state index in [1.165, 1.54) is 6.92 Å². The van der Waals surface area contributed by atoms with Crippen LogP contribution in [-0.4, -0.2) is 39.4 Å². The molecule has 0 radical (unpaired) electrons. The average molecular weight is 300 g/mol. The maximum absolute atomic E-state index is 11.4. The van der Waals surface area contributed by atoms with E-state index < -0.39 is 5.97 Å². The smallest absolute Gasteiger partial charge is 0.356 e. The number of rotatable bonds is 5. The van der Waals surface area contributed by atoms with Gasteiger partial charge in [0.25, 0.3) is 0 Å². The van der Waals surface area contributed by atoms with Crippen LogP contribution in [0.4, 0.5) is 5.13 Å². The van der Waals surface area contributed by atoms with Gasteiger partial charge in [-0.3, -0.25) is 4.79 Å². The van der Waals surface area contributed by atoms with Crippen molar-refractivity contribution in [1.82, 2.24) is 4.98 Å². The highest BCUT2D eigenvalue weighted by molar-refractivity contribution is 7.99. The van der Waals surface area contributed by atoms with Gasteiger partial charge in [-0.05, 0) is 25.5 Å². The number of carboxylic acids is 1. The standard InChI is InChI=1S/C12H16N2O3S2/c1-6(15)10-9(11(16)17)14-12(19-10)13-7-3-4-8(5-7)18-2/h7-8H,3-5H2,1-2H3,(H,13,14)(H,16,17). The monoisotopic (exact) mass is 300 g/mol. The number of thioether (sulfide) groups is 1. The van der Waals surface area contributed by atoms with Gasteiger partial charge in [0.1, 0.15) is 4.88 Å². The molecular formula is C12H16N2O3S2. The second-order valence-corrected chi connectivity index (χ2v) is 6.71. The molecule has 2 rings (SSSR count). The number of hydrogen-bond donors (Lipinski definition) is 2. The van der Waals surface area contributed by atoms with Crippen LogP contribution in [0.1, 0.15) is 46.3 Å². The van der Waals surface area contributed by atoms with Crippen molar-refractivity contribution >= 4 is 40.0 Å². The topological polar surface area (TPSA) is 79.3 Å². The summed E-state index contributed by atoms with van der Waals surface area (Å²) in [4.78, 5) is 26.7. The predicted molar refractivity (Wildman–Crippen MR) is 77.6 cm³/mol. The fraction of sp³-hybridized carbons (Fsp3) is 0.583. The highest BCUT2D eigenvalue weighted by atomic mass is 32.2. The van der Waals surface area contributed by atoms with Crippen LogP contribution in [0.3, 0.4) is 0 Å². The quantitative estimate of drug-likeness (QED) is 0.814. The number of nitrogens with one attached hydrogen (secondary N) is 1. The first-order valence-corrected chi connectivity index (χ1v) is 8.16. The summed E-state index contributed by atoms with van der Waals surface area (Å²) in [6, 6.07) is 0.324. The lowest BCUT2D eigenvalue weighted by Crippen LogP contribution is -2.15. The molecule has 0 aromatic carbocycles. The third-order valence-electron chi connectivity index (χ3n) is 3.19. The maximum Gasteiger partial charge on any atom is 0.356 e. The molecule has 2 unspecified atom stereocenters. The van der Waals surface area contributed by atoms with Gasteiger partial charge >= 0.3 is 5.97 Å². The molecule has 1 saturated carbocycles. The molecule has 104 valence electrons. The average Bonchev–Trinajstić information content (AvgIpc) is 2.96. The van der Waals surface area contributed by atoms with Gasteiger partial charge in [0.15, 0.2) is 16.6 Å². The first-order valence-electron chi connectivity index (χ1n) is 6.05. The van der Waals surface area contributed by atoms with Crippen LogP contribution in [0.25, 0.3) is 0 Å². The van der Waals surface area contributed by atoms with Crippen LogP contribution < -0.4 is 5.32 Å². The number of Topliss-reactive ketones (excluding diaryl/α,β-unsaturated/α-hetero) is 1. The number of thiazole rings is 1. The Balaban J connectivity index is 2.11. The van der Waals surface area contributed by atoms with Gasteiger partial charge < -0.3 is 10.4 Å². The summed E-state index contributed by atoms with van der Waals surface area (Å²) in [5.41, 5.74) is -0.139. The van der Waals surface area contributed by atoms with Crippen LogP contribution in [0.2, 0.25) is 0 Å². The van der Waals surface area contributed by atoms with E-state index >= 15 is 0 Å². The first-order chi connectivity index (χ1) is 9.01. The van der Waals surface area contributed by atoms with E-state index in [0.717, 1.165) is 30.6 Å². The fourth-order valence-corrected chi connectivity index (χ4v) is 3.95. The minimum Gasteiger partial charge on any atom is -0.476 e. The van der Waals surface area contributed by atoms with Crippen molar-refractivity contribution in [2.75, 3.05) is 11.6 Å². The van der Waals surface area contributed by atoms with Gasteiger partial charge in [-0.15, -0.1) is 0 Å².